The molecule has 26 heavy (non-hydrogen) atoms. The Labute approximate surface area is 176 Å². The first-order chi connectivity index (χ1) is 12.1. The standard InChI is InChI=1S/C20H34N4O.HI/c1-21-20(24(4)11-8-17-9-12-25-13-10-17)22-15-18-6-5-7-19(14-18)16-23(2)3;/h5-7,14,17H,8-13,15-16H2,1-4H3,(H,21,22);1H. The zero-order valence-electron chi connectivity index (χ0n) is 16.7. The summed E-state index contributed by atoms with van der Waals surface area (Å²) in [4.78, 5) is 8.86. The summed E-state index contributed by atoms with van der Waals surface area (Å²) in [6.45, 7) is 4.64. The van der Waals surface area contributed by atoms with Crippen LogP contribution in [0.5, 0.6) is 0 Å². The van der Waals surface area contributed by atoms with Gasteiger partial charge in [0.1, 0.15) is 0 Å². The van der Waals surface area contributed by atoms with E-state index >= 15 is 0 Å². The van der Waals surface area contributed by atoms with Gasteiger partial charge in [0.25, 0.3) is 0 Å². The minimum atomic E-state index is 0. The second kappa shape index (κ2) is 12.5. The number of aliphatic imine (C=N–C) groups is 1. The number of ether oxygens (including phenoxy) is 1. The van der Waals surface area contributed by atoms with Crippen LogP contribution < -0.4 is 5.32 Å². The predicted octanol–water partition coefficient (Wildman–Crippen LogP) is 3.19. The lowest BCUT2D eigenvalue weighted by Gasteiger charge is -2.27. The van der Waals surface area contributed by atoms with E-state index < -0.39 is 0 Å². The molecule has 148 valence electrons. The molecule has 0 radical (unpaired) electrons. The van der Waals surface area contributed by atoms with Crippen molar-refractivity contribution in [3.8, 4) is 0 Å². The molecule has 0 atom stereocenters. The van der Waals surface area contributed by atoms with Crippen LogP contribution in [-0.2, 0) is 17.8 Å². The molecule has 0 amide bonds. The van der Waals surface area contributed by atoms with E-state index in [2.05, 4.69) is 65.5 Å². The molecule has 0 spiro atoms. The van der Waals surface area contributed by atoms with Gasteiger partial charge in [0.15, 0.2) is 5.96 Å². The largest absolute Gasteiger partial charge is 0.381 e. The van der Waals surface area contributed by atoms with E-state index in [0.29, 0.717) is 0 Å². The molecule has 1 heterocycles. The van der Waals surface area contributed by atoms with Crippen molar-refractivity contribution in [3.05, 3.63) is 35.4 Å². The Morgan fingerprint density at radius 2 is 1.88 bits per heavy atom. The fourth-order valence-electron chi connectivity index (χ4n) is 3.29. The van der Waals surface area contributed by atoms with Crippen LogP contribution in [-0.4, -0.2) is 63.7 Å². The Morgan fingerprint density at radius 3 is 2.54 bits per heavy atom. The monoisotopic (exact) mass is 474 g/mol. The molecule has 1 aromatic rings. The van der Waals surface area contributed by atoms with Crippen LogP contribution >= 0.6 is 24.0 Å². The number of rotatable bonds is 7. The summed E-state index contributed by atoms with van der Waals surface area (Å²) in [5, 5.41) is 3.49. The average Bonchev–Trinajstić information content (AvgIpc) is 2.61. The third kappa shape index (κ3) is 8.22. The van der Waals surface area contributed by atoms with E-state index in [1.165, 1.54) is 30.4 Å². The molecule has 1 aliphatic rings. The molecule has 6 heteroatoms. The number of benzene rings is 1. The highest BCUT2D eigenvalue weighted by Crippen LogP contribution is 2.18. The first-order valence-electron chi connectivity index (χ1n) is 9.30. The summed E-state index contributed by atoms with van der Waals surface area (Å²) in [5.74, 6) is 1.75. The van der Waals surface area contributed by atoms with E-state index in [1.54, 1.807) is 0 Å². The van der Waals surface area contributed by atoms with E-state index in [4.69, 9.17) is 4.74 Å². The third-order valence-electron chi connectivity index (χ3n) is 4.73. The minimum absolute atomic E-state index is 0. The molecule has 1 N–H and O–H groups in total. The summed E-state index contributed by atoms with van der Waals surface area (Å²) in [5.41, 5.74) is 2.63. The average molecular weight is 474 g/mol. The second-order valence-electron chi connectivity index (χ2n) is 7.22. The maximum atomic E-state index is 5.44. The zero-order valence-corrected chi connectivity index (χ0v) is 19.0. The topological polar surface area (TPSA) is 40.1 Å². The van der Waals surface area contributed by atoms with Gasteiger partial charge in [0, 0.05) is 46.9 Å². The fourth-order valence-corrected chi connectivity index (χ4v) is 3.29. The van der Waals surface area contributed by atoms with Gasteiger partial charge in [-0.25, -0.2) is 0 Å². The van der Waals surface area contributed by atoms with Crippen molar-refractivity contribution < 1.29 is 4.74 Å². The molecule has 0 aliphatic carbocycles. The Bertz CT molecular complexity index is 544. The molecule has 1 saturated heterocycles. The van der Waals surface area contributed by atoms with Crippen molar-refractivity contribution in [2.75, 3.05) is 47.9 Å². The number of hydrogen-bond acceptors (Lipinski definition) is 3. The molecule has 1 aliphatic heterocycles. The molecular formula is C20H35IN4O. The lowest BCUT2D eigenvalue weighted by atomic mass is 9.96. The number of nitrogens with one attached hydrogen (secondary N) is 1. The van der Waals surface area contributed by atoms with Gasteiger partial charge in [0.05, 0.1) is 0 Å². The third-order valence-corrected chi connectivity index (χ3v) is 4.73. The molecule has 0 saturated carbocycles. The van der Waals surface area contributed by atoms with Gasteiger partial charge in [-0.1, -0.05) is 24.3 Å². The van der Waals surface area contributed by atoms with Crippen LogP contribution in [0.4, 0.5) is 0 Å². The van der Waals surface area contributed by atoms with Crippen LogP contribution in [0.2, 0.25) is 0 Å². The van der Waals surface area contributed by atoms with E-state index in [1.807, 2.05) is 7.05 Å². The SMILES string of the molecule is CN=C(NCc1cccc(CN(C)C)c1)N(C)CCC1CCOCC1.I. The molecular weight excluding hydrogens is 439 g/mol. The second-order valence-corrected chi connectivity index (χ2v) is 7.22. The fraction of sp³-hybridized carbons (Fsp3) is 0.650. The van der Waals surface area contributed by atoms with Crippen molar-refractivity contribution in [1.82, 2.24) is 15.1 Å². The summed E-state index contributed by atoms with van der Waals surface area (Å²) < 4.78 is 5.44. The number of nitrogens with zero attached hydrogens (tertiary/aromatic N) is 3. The van der Waals surface area contributed by atoms with Crippen LogP contribution in [0.1, 0.15) is 30.4 Å². The lowest BCUT2D eigenvalue weighted by molar-refractivity contribution is 0.0625. The van der Waals surface area contributed by atoms with E-state index in [-0.39, 0.29) is 24.0 Å². The first kappa shape index (κ1) is 23.2. The van der Waals surface area contributed by atoms with E-state index in [9.17, 15) is 0 Å². The maximum absolute atomic E-state index is 5.44. The van der Waals surface area contributed by atoms with Crippen LogP contribution in [0.15, 0.2) is 29.3 Å². The molecule has 0 bridgehead atoms. The number of guanidine groups is 1. The van der Waals surface area contributed by atoms with Gasteiger partial charge in [-0.05, 0) is 50.4 Å². The van der Waals surface area contributed by atoms with Gasteiger partial charge < -0.3 is 19.9 Å². The Balaban J connectivity index is 0.00000338. The van der Waals surface area contributed by atoms with Gasteiger partial charge in [-0.3, -0.25) is 4.99 Å². The van der Waals surface area contributed by atoms with Crippen LogP contribution in [0, 0.1) is 5.92 Å². The molecule has 0 aromatic heterocycles. The zero-order chi connectivity index (χ0) is 18.1. The number of hydrogen-bond donors (Lipinski definition) is 1. The quantitative estimate of drug-likeness (QED) is 0.375. The maximum Gasteiger partial charge on any atom is 0.193 e. The summed E-state index contributed by atoms with van der Waals surface area (Å²) >= 11 is 0. The molecule has 0 unspecified atom stereocenters. The normalized spacial score (nSPS) is 15.7. The highest BCUT2D eigenvalue weighted by molar-refractivity contribution is 14.0. The molecule has 5 nitrogen and oxygen atoms in total. The van der Waals surface area contributed by atoms with Gasteiger partial charge >= 0.3 is 0 Å². The van der Waals surface area contributed by atoms with Crippen molar-refractivity contribution in [3.63, 3.8) is 0 Å². The van der Waals surface area contributed by atoms with Crippen LogP contribution in [0.3, 0.4) is 0 Å². The smallest absolute Gasteiger partial charge is 0.193 e. The summed E-state index contributed by atoms with van der Waals surface area (Å²) in [7, 11) is 8.17. The van der Waals surface area contributed by atoms with Gasteiger partial charge in [0.2, 0.25) is 0 Å². The predicted molar refractivity (Wildman–Crippen MR) is 120 cm³/mol. The van der Waals surface area contributed by atoms with Crippen LogP contribution in [0.25, 0.3) is 0 Å². The van der Waals surface area contributed by atoms with Gasteiger partial charge in [-0.2, -0.15) is 0 Å². The lowest BCUT2D eigenvalue weighted by Crippen LogP contribution is -2.39. The Hall–Kier alpha value is -0.860. The molecule has 1 fully saturated rings. The van der Waals surface area contributed by atoms with Crippen molar-refractivity contribution in [1.29, 1.82) is 0 Å². The molecule has 2 rings (SSSR count). The van der Waals surface area contributed by atoms with E-state index in [0.717, 1.165) is 44.7 Å². The highest BCUT2D eigenvalue weighted by Gasteiger charge is 2.15. The van der Waals surface area contributed by atoms with Crippen molar-refractivity contribution in [2.24, 2.45) is 10.9 Å². The van der Waals surface area contributed by atoms with Crippen molar-refractivity contribution >= 4 is 29.9 Å². The number of halogens is 1. The summed E-state index contributed by atoms with van der Waals surface area (Å²) in [6, 6.07) is 8.75. The van der Waals surface area contributed by atoms with Crippen molar-refractivity contribution in [2.45, 2.75) is 32.4 Å². The summed E-state index contributed by atoms with van der Waals surface area (Å²) in [6.07, 6.45) is 3.59. The Morgan fingerprint density at radius 1 is 1.19 bits per heavy atom. The molecule has 1 aromatic carbocycles. The highest BCUT2D eigenvalue weighted by atomic mass is 127. The van der Waals surface area contributed by atoms with Gasteiger partial charge in [-0.15, -0.1) is 24.0 Å². The minimum Gasteiger partial charge on any atom is -0.381 e. The Kier molecular flexibility index (Phi) is 11.2. The first-order valence-corrected chi connectivity index (χ1v) is 9.30.